The highest BCUT2D eigenvalue weighted by Crippen LogP contribution is 2.35. The fourth-order valence-electron chi connectivity index (χ4n) is 3.18. The molecule has 2 aromatic rings. The molecule has 7 nitrogen and oxygen atoms in total. The molecule has 1 aliphatic rings. The van der Waals surface area contributed by atoms with Crippen LogP contribution in [0.15, 0.2) is 35.5 Å². The molecule has 1 N–H and O–H groups in total. The number of hydrogen-bond donors (Lipinski definition) is 1. The molecule has 8 heteroatoms. The van der Waals surface area contributed by atoms with Crippen molar-refractivity contribution in [2.24, 2.45) is 0 Å². The van der Waals surface area contributed by atoms with Gasteiger partial charge >= 0.3 is 5.97 Å². The maximum Gasteiger partial charge on any atom is 0.338 e. The van der Waals surface area contributed by atoms with Crippen molar-refractivity contribution in [3.8, 4) is 0 Å². The topological polar surface area (TPSA) is 81.9 Å². The summed E-state index contributed by atoms with van der Waals surface area (Å²) in [5, 5.41) is 15.5. The van der Waals surface area contributed by atoms with Crippen LogP contribution >= 0.6 is 11.6 Å². The Morgan fingerprint density at radius 3 is 2.70 bits per heavy atom. The minimum Gasteiger partial charge on any atom is -0.462 e. The van der Waals surface area contributed by atoms with Crippen LogP contribution in [0, 0.1) is 0 Å². The number of allylic oxidation sites excluding steroid dienone is 1. The first-order valence-corrected chi connectivity index (χ1v) is 9.68. The van der Waals surface area contributed by atoms with E-state index in [1.807, 2.05) is 19.1 Å². The SMILES string of the molecule is CCCCCCCOC(=O)C1=C(C)Nc2nnnn2C1c1ccc(Cl)cc1. The Labute approximate surface area is 163 Å². The van der Waals surface area contributed by atoms with Crippen LogP contribution < -0.4 is 5.32 Å². The van der Waals surface area contributed by atoms with E-state index in [0.717, 1.165) is 18.4 Å². The van der Waals surface area contributed by atoms with E-state index < -0.39 is 6.04 Å². The number of carbonyl (C=O) groups excluding carboxylic acids is 1. The molecule has 2 heterocycles. The third kappa shape index (κ3) is 4.47. The number of hydrogen-bond acceptors (Lipinski definition) is 6. The molecule has 0 fully saturated rings. The second kappa shape index (κ2) is 8.99. The molecule has 144 valence electrons. The van der Waals surface area contributed by atoms with Crippen molar-refractivity contribution in [2.75, 3.05) is 11.9 Å². The van der Waals surface area contributed by atoms with Crippen molar-refractivity contribution >= 4 is 23.5 Å². The van der Waals surface area contributed by atoms with Gasteiger partial charge in [-0.3, -0.25) is 0 Å². The van der Waals surface area contributed by atoms with Gasteiger partial charge in [-0.1, -0.05) is 61.4 Å². The van der Waals surface area contributed by atoms with Gasteiger partial charge in [-0.2, -0.15) is 4.68 Å². The van der Waals surface area contributed by atoms with E-state index in [9.17, 15) is 4.79 Å². The number of esters is 1. The van der Waals surface area contributed by atoms with Crippen molar-refractivity contribution in [3.05, 3.63) is 46.1 Å². The molecule has 1 aromatic carbocycles. The predicted molar refractivity (Wildman–Crippen MR) is 103 cm³/mol. The lowest BCUT2D eigenvalue weighted by atomic mass is 9.96. The summed E-state index contributed by atoms with van der Waals surface area (Å²) in [7, 11) is 0. The zero-order valence-electron chi connectivity index (χ0n) is 15.6. The quantitative estimate of drug-likeness (QED) is 0.540. The fourth-order valence-corrected chi connectivity index (χ4v) is 3.30. The maximum atomic E-state index is 12.9. The second-order valence-electron chi connectivity index (χ2n) is 6.61. The molecule has 1 atom stereocenters. The zero-order chi connectivity index (χ0) is 19.2. The monoisotopic (exact) mass is 389 g/mol. The summed E-state index contributed by atoms with van der Waals surface area (Å²) in [6.45, 7) is 4.42. The predicted octanol–water partition coefficient (Wildman–Crippen LogP) is 4.13. The molecule has 0 aliphatic carbocycles. The molecule has 0 radical (unpaired) electrons. The van der Waals surface area contributed by atoms with Crippen molar-refractivity contribution in [1.82, 2.24) is 20.2 Å². The van der Waals surface area contributed by atoms with Gasteiger partial charge in [-0.25, -0.2) is 4.79 Å². The van der Waals surface area contributed by atoms with Crippen LogP contribution in [0.5, 0.6) is 0 Å². The first kappa shape index (κ1) is 19.4. The Balaban J connectivity index is 1.78. The van der Waals surface area contributed by atoms with E-state index in [0.29, 0.717) is 28.8 Å². The van der Waals surface area contributed by atoms with E-state index in [4.69, 9.17) is 16.3 Å². The summed E-state index contributed by atoms with van der Waals surface area (Å²) in [6.07, 6.45) is 5.50. The number of halogens is 1. The number of tetrazole rings is 1. The second-order valence-corrected chi connectivity index (χ2v) is 7.05. The number of rotatable bonds is 8. The number of benzene rings is 1. The molecule has 1 unspecified atom stereocenters. The van der Waals surface area contributed by atoms with Crippen LogP contribution in [0.25, 0.3) is 0 Å². The summed E-state index contributed by atoms with van der Waals surface area (Å²) in [5.74, 6) is 0.139. The third-order valence-corrected chi connectivity index (χ3v) is 4.85. The van der Waals surface area contributed by atoms with Crippen LogP contribution in [0.3, 0.4) is 0 Å². The normalized spacial score (nSPS) is 16.0. The van der Waals surface area contributed by atoms with E-state index in [-0.39, 0.29) is 5.97 Å². The lowest BCUT2D eigenvalue weighted by Crippen LogP contribution is -2.29. The Bertz CT molecular complexity index is 816. The summed E-state index contributed by atoms with van der Waals surface area (Å²) in [4.78, 5) is 12.9. The lowest BCUT2D eigenvalue weighted by Gasteiger charge is -2.27. The average Bonchev–Trinajstić information content (AvgIpc) is 3.12. The largest absolute Gasteiger partial charge is 0.462 e. The number of unbranched alkanes of at least 4 members (excludes halogenated alkanes) is 4. The molecular formula is C19H24ClN5O2. The highest BCUT2D eigenvalue weighted by molar-refractivity contribution is 6.30. The molecular weight excluding hydrogens is 366 g/mol. The van der Waals surface area contributed by atoms with Gasteiger partial charge in [0.15, 0.2) is 0 Å². The van der Waals surface area contributed by atoms with Crippen LogP contribution in [-0.4, -0.2) is 32.8 Å². The van der Waals surface area contributed by atoms with Gasteiger partial charge in [0.25, 0.3) is 0 Å². The number of fused-ring (bicyclic) bond motifs is 1. The molecule has 3 rings (SSSR count). The van der Waals surface area contributed by atoms with Crippen LogP contribution in [0.4, 0.5) is 5.95 Å². The minimum atomic E-state index is -0.457. The number of nitrogens with zero attached hydrogens (tertiary/aromatic N) is 4. The zero-order valence-corrected chi connectivity index (χ0v) is 16.4. The summed E-state index contributed by atoms with van der Waals surface area (Å²) in [6, 6.07) is 6.86. The smallest absolute Gasteiger partial charge is 0.338 e. The number of ether oxygens (including phenoxy) is 1. The highest BCUT2D eigenvalue weighted by Gasteiger charge is 2.34. The Morgan fingerprint density at radius 1 is 1.22 bits per heavy atom. The maximum absolute atomic E-state index is 12.9. The number of anilines is 1. The molecule has 27 heavy (non-hydrogen) atoms. The Hall–Kier alpha value is -2.41. The Morgan fingerprint density at radius 2 is 1.96 bits per heavy atom. The average molecular weight is 390 g/mol. The molecule has 0 saturated carbocycles. The molecule has 1 aromatic heterocycles. The van der Waals surface area contributed by atoms with Gasteiger partial charge in [0.05, 0.1) is 12.2 Å². The molecule has 1 aliphatic heterocycles. The minimum absolute atomic E-state index is 0.350. The summed E-state index contributed by atoms with van der Waals surface area (Å²) in [5.41, 5.74) is 2.06. The lowest BCUT2D eigenvalue weighted by molar-refractivity contribution is -0.139. The van der Waals surface area contributed by atoms with Crippen molar-refractivity contribution in [2.45, 2.75) is 52.0 Å². The molecule has 0 bridgehead atoms. The van der Waals surface area contributed by atoms with Gasteiger partial charge in [0, 0.05) is 10.7 Å². The van der Waals surface area contributed by atoms with Crippen LogP contribution in [0.1, 0.15) is 57.6 Å². The van der Waals surface area contributed by atoms with Gasteiger partial charge in [-0.15, -0.1) is 0 Å². The molecule has 0 amide bonds. The van der Waals surface area contributed by atoms with Gasteiger partial charge in [0.2, 0.25) is 5.95 Å². The van der Waals surface area contributed by atoms with Crippen LogP contribution in [-0.2, 0) is 9.53 Å². The first-order valence-electron chi connectivity index (χ1n) is 9.30. The fraction of sp³-hybridized carbons (Fsp3) is 0.474. The van der Waals surface area contributed by atoms with Gasteiger partial charge in [-0.05, 0) is 41.5 Å². The number of nitrogens with one attached hydrogen (secondary N) is 1. The number of carbonyl (C=O) groups is 1. The molecule has 0 spiro atoms. The van der Waals surface area contributed by atoms with Crippen molar-refractivity contribution in [3.63, 3.8) is 0 Å². The van der Waals surface area contributed by atoms with E-state index in [1.165, 1.54) is 19.3 Å². The number of aromatic nitrogens is 4. The van der Waals surface area contributed by atoms with E-state index in [2.05, 4.69) is 27.8 Å². The standard InChI is InChI=1S/C19H24ClN5O2/c1-3-4-5-6-7-12-27-18(26)16-13(2)21-19-22-23-24-25(19)17(16)14-8-10-15(20)11-9-14/h8-11,17H,3-7,12H2,1-2H3,(H,21,22,24). The van der Waals surface area contributed by atoms with Crippen LogP contribution in [0.2, 0.25) is 5.02 Å². The first-order chi connectivity index (χ1) is 13.1. The summed E-state index contributed by atoms with van der Waals surface area (Å²) >= 11 is 6.01. The van der Waals surface area contributed by atoms with Gasteiger partial charge in [0.1, 0.15) is 6.04 Å². The molecule has 0 saturated heterocycles. The van der Waals surface area contributed by atoms with Crippen molar-refractivity contribution in [1.29, 1.82) is 0 Å². The highest BCUT2D eigenvalue weighted by atomic mass is 35.5. The van der Waals surface area contributed by atoms with E-state index >= 15 is 0 Å². The summed E-state index contributed by atoms with van der Waals surface area (Å²) < 4.78 is 7.15. The van der Waals surface area contributed by atoms with Gasteiger partial charge < -0.3 is 10.1 Å². The van der Waals surface area contributed by atoms with Crippen molar-refractivity contribution < 1.29 is 9.53 Å². The Kier molecular flexibility index (Phi) is 6.45. The van der Waals surface area contributed by atoms with E-state index in [1.54, 1.807) is 16.8 Å². The third-order valence-electron chi connectivity index (χ3n) is 4.60.